The third-order valence-corrected chi connectivity index (χ3v) is 3.00. The number of carboxylic acids is 1. The lowest BCUT2D eigenvalue weighted by molar-refractivity contribution is -0.140. The minimum atomic E-state index is -0.734. The molecule has 0 aromatic carbocycles. The first kappa shape index (κ1) is 11.5. The average molecular weight is 201 g/mol. The number of hydrogen-bond acceptors (Lipinski definition) is 3. The highest BCUT2D eigenvalue weighted by Gasteiger charge is 2.41. The standard InChI is InChI=1S/C10H19NO3/c1-3-11(4-2)10(7-9(12)13)5-6-14-8-10/h3-8H2,1-2H3,(H,12,13). The number of ether oxygens (including phenoxy) is 1. The maximum atomic E-state index is 10.8. The Morgan fingerprint density at radius 3 is 2.50 bits per heavy atom. The van der Waals surface area contributed by atoms with Gasteiger partial charge >= 0.3 is 5.97 Å². The maximum Gasteiger partial charge on any atom is 0.305 e. The van der Waals surface area contributed by atoms with Crippen molar-refractivity contribution in [2.24, 2.45) is 0 Å². The van der Waals surface area contributed by atoms with Crippen molar-refractivity contribution in [1.29, 1.82) is 0 Å². The third-order valence-electron chi connectivity index (χ3n) is 3.00. The SMILES string of the molecule is CCN(CC)C1(CC(=O)O)CCOC1. The number of carboxylic acid groups (broad SMARTS) is 1. The Bertz CT molecular complexity index is 196. The van der Waals surface area contributed by atoms with Gasteiger partial charge in [0, 0.05) is 6.61 Å². The zero-order valence-corrected chi connectivity index (χ0v) is 8.95. The minimum absolute atomic E-state index is 0.189. The summed E-state index contributed by atoms with van der Waals surface area (Å²) in [6.45, 7) is 7.13. The zero-order valence-electron chi connectivity index (χ0n) is 8.95. The molecule has 1 fully saturated rings. The first-order valence-corrected chi connectivity index (χ1v) is 5.19. The van der Waals surface area contributed by atoms with Crippen LogP contribution >= 0.6 is 0 Å². The van der Waals surface area contributed by atoms with Gasteiger partial charge in [0.2, 0.25) is 0 Å². The van der Waals surface area contributed by atoms with E-state index in [4.69, 9.17) is 9.84 Å². The molecule has 1 rings (SSSR count). The molecule has 0 bridgehead atoms. The minimum Gasteiger partial charge on any atom is -0.481 e. The molecular formula is C10H19NO3. The molecule has 0 spiro atoms. The number of hydrogen-bond donors (Lipinski definition) is 1. The second-order valence-electron chi connectivity index (χ2n) is 3.77. The van der Waals surface area contributed by atoms with Crippen molar-refractivity contribution in [3.05, 3.63) is 0 Å². The summed E-state index contributed by atoms with van der Waals surface area (Å²) < 4.78 is 5.34. The van der Waals surface area contributed by atoms with Crippen molar-refractivity contribution in [1.82, 2.24) is 4.90 Å². The van der Waals surface area contributed by atoms with E-state index < -0.39 is 5.97 Å². The topological polar surface area (TPSA) is 49.8 Å². The molecule has 4 nitrogen and oxygen atoms in total. The van der Waals surface area contributed by atoms with Crippen LogP contribution in [-0.4, -0.2) is 47.8 Å². The lowest BCUT2D eigenvalue weighted by Gasteiger charge is -2.37. The van der Waals surface area contributed by atoms with Crippen molar-refractivity contribution in [2.75, 3.05) is 26.3 Å². The fourth-order valence-electron chi connectivity index (χ4n) is 2.27. The summed E-state index contributed by atoms with van der Waals surface area (Å²) in [5.41, 5.74) is -0.255. The molecule has 4 heteroatoms. The second kappa shape index (κ2) is 4.75. The largest absolute Gasteiger partial charge is 0.481 e. The highest BCUT2D eigenvalue weighted by molar-refractivity contribution is 5.68. The molecule has 1 atom stereocenters. The number of aliphatic carboxylic acids is 1. The van der Waals surface area contributed by atoms with E-state index in [9.17, 15) is 4.79 Å². The summed E-state index contributed by atoms with van der Waals surface area (Å²) in [5, 5.41) is 8.90. The van der Waals surface area contributed by atoms with Crippen LogP contribution in [0.25, 0.3) is 0 Å². The summed E-state index contributed by atoms with van der Waals surface area (Å²) in [7, 11) is 0. The van der Waals surface area contributed by atoms with E-state index in [0.717, 1.165) is 19.5 Å². The lowest BCUT2D eigenvalue weighted by Crippen LogP contribution is -2.50. The summed E-state index contributed by atoms with van der Waals surface area (Å²) in [5.74, 6) is -0.734. The van der Waals surface area contributed by atoms with Crippen LogP contribution < -0.4 is 0 Å². The quantitative estimate of drug-likeness (QED) is 0.720. The Morgan fingerprint density at radius 1 is 1.50 bits per heavy atom. The summed E-state index contributed by atoms with van der Waals surface area (Å²) in [6, 6.07) is 0. The van der Waals surface area contributed by atoms with Crippen LogP contribution in [0.4, 0.5) is 0 Å². The van der Waals surface area contributed by atoms with E-state index in [1.807, 2.05) is 0 Å². The molecule has 82 valence electrons. The number of rotatable bonds is 5. The fraction of sp³-hybridized carbons (Fsp3) is 0.900. The second-order valence-corrected chi connectivity index (χ2v) is 3.77. The molecule has 1 unspecified atom stereocenters. The van der Waals surface area contributed by atoms with Crippen molar-refractivity contribution in [3.63, 3.8) is 0 Å². The highest BCUT2D eigenvalue weighted by Crippen LogP contribution is 2.29. The number of nitrogens with zero attached hydrogens (tertiary/aromatic N) is 1. The Hall–Kier alpha value is -0.610. The van der Waals surface area contributed by atoms with E-state index in [2.05, 4.69) is 18.7 Å². The smallest absolute Gasteiger partial charge is 0.305 e. The molecular weight excluding hydrogens is 182 g/mol. The van der Waals surface area contributed by atoms with Crippen molar-refractivity contribution < 1.29 is 14.6 Å². The predicted octanol–water partition coefficient (Wildman–Crippen LogP) is 0.962. The zero-order chi connectivity index (χ0) is 10.6. The number of likely N-dealkylation sites (N-methyl/N-ethyl adjacent to an activating group) is 1. The Kier molecular flexibility index (Phi) is 3.89. The molecule has 1 N–H and O–H groups in total. The molecule has 1 heterocycles. The van der Waals surface area contributed by atoms with Crippen LogP contribution in [0, 0.1) is 0 Å². The monoisotopic (exact) mass is 201 g/mol. The van der Waals surface area contributed by atoms with Crippen LogP contribution in [0.3, 0.4) is 0 Å². The molecule has 0 amide bonds. The third kappa shape index (κ3) is 2.25. The van der Waals surface area contributed by atoms with Gasteiger partial charge in [-0.15, -0.1) is 0 Å². The summed E-state index contributed by atoms with van der Waals surface area (Å²) >= 11 is 0. The first-order chi connectivity index (χ1) is 6.64. The Morgan fingerprint density at radius 2 is 2.14 bits per heavy atom. The van der Waals surface area contributed by atoms with E-state index in [1.165, 1.54) is 0 Å². The normalized spacial score (nSPS) is 27.1. The first-order valence-electron chi connectivity index (χ1n) is 5.19. The molecule has 1 saturated heterocycles. The van der Waals surface area contributed by atoms with Gasteiger partial charge in [-0.25, -0.2) is 0 Å². The van der Waals surface area contributed by atoms with Gasteiger partial charge in [0.25, 0.3) is 0 Å². The van der Waals surface area contributed by atoms with Gasteiger partial charge in [0.1, 0.15) is 0 Å². The van der Waals surface area contributed by atoms with Gasteiger partial charge in [0.05, 0.1) is 18.6 Å². The van der Waals surface area contributed by atoms with E-state index >= 15 is 0 Å². The molecule has 1 aliphatic heterocycles. The van der Waals surface area contributed by atoms with Gasteiger partial charge in [-0.1, -0.05) is 13.8 Å². The average Bonchev–Trinajstić information content (AvgIpc) is 2.55. The van der Waals surface area contributed by atoms with Gasteiger partial charge in [0.15, 0.2) is 0 Å². The Balaban J connectivity index is 2.74. The Labute approximate surface area is 84.8 Å². The predicted molar refractivity (Wildman–Crippen MR) is 53.3 cm³/mol. The molecule has 0 saturated carbocycles. The van der Waals surface area contributed by atoms with Gasteiger partial charge in [-0.05, 0) is 19.5 Å². The van der Waals surface area contributed by atoms with Crippen LogP contribution in [0.1, 0.15) is 26.7 Å². The van der Waals surface area contributed by atoms with Gasteiger partial charge in [-0.2, -0.15) is 0 Å². The van der Waals surface area contributed by atoms with Crippen LogP contribution in [0.5, 0.6) is 0 Å². The van der Waals surface area contributed by atoms with Crippen LogP contribution in [0.2, 0.25) is 0 Å². The fourth-order valence-corrected chi connectivity index (χ4v) is 2.27. The van der Waals surface area contributed by atoms with Crippen molar-refractivity contribution in [3.8, 4) is 0 Å². The van der Waals surface area contributed by atoms with Gasteiger partial charge in [-0.3, -0.25) is 9.69 Å². The van der Waals surface area contributed by atoms with E-state index in [1.54, 1.807) is 0 Å². The molecule has 14 heavy (non-hydrogen) atoms. The molecule has 0 aliphatic carbocycles. The lowest BCUT2D eigenvalue weighted by atomic mass is 9.92. The summed E-state index contributed by atoms with van der Waals surface area (Å²) in [4.78, 5) is 13.0. The molecule has 1 aliphatic rings. The van der Waals surface area contributed by atoms with Crippen molar-refractivity contribution >= 4 is 5.97 Å². The maximum absolute atomic E-state index is 10.8. The van der Waals surface area contributed by atoms with Crippen LogP contribution in [0.15, 0.2) is 0 Å². The van der Waals surface area contributed by atoms with Crippen molar-refractivity contribution in [2.45, 2.75) is 32.2 Å². The van der Waals surface area contributed by atoms with Crippen LogP contribution in [-0.2, 0) is 9.53 Å². The summed E-state index contributed by atoms with van der Waals surface area (Å²) in [6.07, 6.45) is 1.02. The van der Waals surface area contributed by atoms with Gasteiger partial charge < -0.3 is 9.84 Å². The molecule has 0 aromatic heterocycles. The van der Waals surface area contributed by atoms with E-state index in [0.29, 0.717) is 13.2 Å². The highest BCUT2D eigenvalue weighted by atomic mass is 16.5. The van der Waals surface area contributed by atoms with E-state index in [-0.39, 0.29) is 12.0 Å². The molecule has 0 aromatic rings. The number of carbonyl (C=O) groups is 1. The molecule has 0 radical (unpaired) electrons.